The Kier molecular flexibility index (Phi) is 5.02. The Bertz CT molecular complexity index is 801. The molecule has 2 heterocycles. The molecule has 1 saturated heterocycles. The van der Waals surface area contributed by atoms with Crippen molar-refractivity contribution in [2.45, 2.75) is 18.9 Å². The second-order valence-corrected chi connectivity index (χ2v) is 6.95. The molecule has 4 nitrogen and oxygen atoms in total. The molecule has 4 heteroatoms. The van der Waals surface area contributed by atoms with Crippen LogP contribution in [0.15, 0.2) is 60.2 Å². The predicted octanol–water partition coefficient (Wildman–Crippen LogP) is 2.90. The van der Waals surface area contributed by atoms with E-state index in [1.54, 1.807) is 0 Å². The minimum Gasteiger partial charge on any atom is -0.489 e. The van der Waals surface area contributed by atoms with Gasteiger partial charge >= 0.3 is 0 Å². The summed E-state index contributed by atoms with van der Waals surface area (Å²) in [7, 11) is 0. The Hall–Kier alpha value is -2.59. The van der Waals surface area contributed by atoms with Crippen molar-refractivity contribution in [1.82, 2.24) is 10.2 Å². The Morgan fingerprint density at radius 3 is 2.77 bits per heavy atom. The molecular weight excluding hydrogens is 324 g/mol. The molecule has 1 fully saturated rings. The number of hydrogen-bond donors (Lipinski definition) is 1. The summed E-state index contributed by atoms with van der Waals surface area (Å²) in [5.74, 6) is 1.06. The lowest BCUT2D eigenvalue weighted by Gasteiger charge is -2.30. The lowest BCUT2D eigenvalue weighted by molar-refractivity contribution is -0.125. The van der Waals surface area contributed by atoms with Crippen molar-refractivity contribution in [3.63, 3.8) is 0 Å². The molecule has 0 aliphatic carbocycles. The monoisotopic (exact) mass is 348 g/mol. The Morgan fingerprint density at radius 2 is 1.88 bits per heavy atom. The molecule has 1 atom stereocenters. The summed E-state index contributed by atoms with van der Waals surface area (Å²) in [5, 5.41) is 3.07. The molecule has 0 bridgehead atoms. The van der Waals surface area contributed by atoms with E-state index in [1.165, 1.54) is 11.1 Å². The van der Waals surface area contributed by atoms with Crippen molar-refractivity contribution in [3.8, 4) is 5.75 Å². The molecular formula is C22H24N2O2. The van der Waals surface area contributed by atoms with E-state index in [0.717, 1.165) is 43.8 Å². The first-order chi connectivity index (χ1) is 12.8. The van der Waals surface area contributed by atoms with Crippen LogP contribution in [0.1, 0.15) is 17.5 Å². The minimum atomic E-state index is -0.141. The first kappa shape index (κ1) is 16.9. The van der Waals surface area contributed by atoms with Gasteiger partial charge in [0.2, 0.25) is 5.91 Å². The normalized spacial score (nSPS) is 20.4. The number of nitrogens with one attached hydrogen (secondary N) is 1. The average molecular weight is 348 g/mol. The van der Waals surface area contributed by atoms with E-state index in [4.69, 9.17) is 4.74 Å². The average Bonchev–Trinajstić information content (AvgIpc) is 2.85. The van der Waals surface area contributed by atoms with Crippen LogP contribution in [0.25, 0.3) is 6.08 Å². The van der Waals surface area contributed by atoms with E-state index in [2.05, 4.69) is 34.5 Å². The number of hydrogen-bond acceptors (Lipinski definition) is 3. The standard InChI is InChI=1S/C22H24N2O2/c25-22-20(14-17-7-2-1-3-8-17)24(12-6-11-23-22)15-18-13-19-9-4-5-10-21(19)26-16-18/h1-5,7-10,13,20H,6,11-12,14-16H2,(H,23,25). The Labute approximate surface area is 154 Å². The fourth-order valence-electron chi connectivity index (χ4n) is 3.70. The summed E-state index contributed by atoms with van der Waals surface area (Å²) >= 11 is 0. The van der Waals surface area contributed by atoms with Crippen LogP contribution in [-0.4, -0.2) is 43.1 Å². The molecule has 1 unspecified atom stereocenters. The highest BCUT2D eigenvalue weighted by atomic mass is 16.5. The highest BCUT2D eigenvalue weighted by Crippen LogP contribution is 2.26. The van der Waals surface area contributed by atoms with Crippen molar-refractivity contribution >= 4 is 12.0 Å². The highest BCUT2D eigenvalue weighted by Gasteiger charge is 2.29. The van der Waals surface area contributed by atoms with Gasteiger partial charge in [-0.1, -0.05) is 48.5 Å². The lowest BCUT2D eigenvalue weighted by atomic mass is 10.0. The van der Waals surface area contributed by atoms with Gasteiger partial charge in [0.05, 0.1) is 6.04 Å². The third-order valence-electron chi connectivity index (χ3n) is 5.03. The Morgan fingerprint density at radius 1 is 1.08 bits per heavy atom. The quantitative estimate of drug-likeness (QED) is 0.924. The van der Waals surface area contributed by atoms with Crippen LogP contribution in [0.2, 0.25) is 0 Å². The van der Waals surface area contributed by atoms with Gasteiger partial charge < -0.3 is 10.1 Å². The van der Waals surface area contributed by atoms with Gasteiger partial charge in [-0.2, -0.15) is 0 Å². The number of amides is 1. The number of nitrogens with zero attached hydrogens (tertiary/aromatic N) is 1. The maximum absolute atomic E-state index is 12.7. The van der Waals surface area contributed by atoms with E-state index >= 15 is 0 Å². The molecule has 2 aromatic rings. The Balaban J connectivity index is 1.54. The summed E-state index contributed by atoms with van der Waals surface area (Å²) in [6, 6.07) is 18.2. The molecule has 0 aromatic heterocycles. The van der Waals surface area contributed by atoms with Crippen LogP contribution in [-0.2, 0) is 11.2 Å². The van der Waals surface area contributed by atoms with Crippen LogP contribution in [0.3, 0.4) is 0 Å². The second kappa shape index (κ2) is 7.75. The lowest BCUT2D eigenvalue weighted by Crippen LogP contribution is -2.46. The summed E-state index contributed by atoms with van der Waals surface area (Å²) in [4.78, 5) is 15.0. The van der Waals surface area contributed by atoms with Crippen LogP contribution < -0.4 is 10.1 Å². The highest BCUT2D eigenvalue weighted by molar-refractivity contribution is 5.82. The van der Waals surface area contributed by atoms with Crippen molar-refractivity contribution in [2.24, 2.45) is 0 Å². The van der Waals surface area contributed by atoms with Gasteiger partial charge in [-0.15, -0.1) is 0 Å². The first-order valence-electron chi connectivity index (χ1n) is 9.26. The number of carbonyl (C=O) groups excluding carboxylic acids is 1. The SMILES string of the molecule is O=C1NCCCN(CC2=Cc3ccccc3OC2)C1Cc1ccccc1. The van der Waals surface area contributed by atoms with Crippen molar-refractivity contribution < 1.29 is 9.53 Å². The predicted molar refractivity (Wildman–Crippen MR) is 103 cm³/mol. The third kappa shape index (κ3) is 3.81. The summed E-state index contributed by atoms with van der Waals surface area (Å²) in [5.41, 5.74) is 3.53. The maximum atomic E-state index is 12.7. The third-order valence-corrected chi connectivity index (χ3v) is 5.03. The zero-order valence-electron chi connectivity index (χ0n) is 14.9. The van der Waals surface area contributed by atoms with Crippen LogP contribution >= 0.6 is 0 Å². The van der Waals surface area contributed by atoms with E-state index in [1.807, 2.05) is 36.4 Å². The van der Waals surface area contributed by atoms with Gasteiger partial charge in [-0.25, -0.2) is 0 Å². The fourth-order valence-corrected chi connectivity index (χ4v) is 3.70. The molecule has 2 aliphatic heterocycles. The number of benzene rings is 2. The van der Waals surface area contributed by atoms with Gasteiger partial charge in [-0.05, 0) is 36.1 Å². The molecule has 2 aliphatic rings. The number of fused-ring (bicyclic) bond motifs is 1. The van der Waals surface area contributed by atoms with Gasteiger partial charge in [0.1, 0.15) is 12.4 Å². The summed E-state index contributed by atoms with van der Waals surface area (Å²) < 4.78 is 5.89. The van der Waals surface area contributed by atoms with Crippen LogP contribution in [0.5, 0.6) is 5.75 Å². The molecule has 0 spiro atoms. The minimum absolute atomic E-state index is 0.129. The molecule has 1 amide bonds. The van der Waals surface area contributed by atoms with E-state index < -0.39 is 0 Å². The molecule has 134 valence electrons. The van der Waals surface area contributed by atoms with Crippen LogP contribution in [0, 0.1) is 0 Å². The number of para-hydroxylation sites is 1. The van der Waals surface area contributed by atoms with Crippen molar-refractivity contribution in [3.05, 3.63) is 71.3 Å². The zero-order valence-corrected chi connectivity index (χ0v) is 14.9. The topological polar surface area (TPSA) is 41.6 Å². The van der Waals surface area contributed by atoms with E-state index in [9.17, 15) is 4.79 Å². The molecule has 1 N–H and O–H groups in total. The number of carbonyl (C=O) groups is 1. The molecule has 2 aromatic carbocycles. The maximum Gasteiger partial charge on any atom is 0.237 e. The number of rotatable bonds is 4. The van der Waals surface area contributed by atoms with Gasteiger partial charge in [0.25, 0.3) is 0 Å². The molecule has 4 rings (SSSR count). The van der Waals surface area contributed by atoms with Gasteiger partial charge in [0.15, 0.2) is 0 Å². The molecule has 0 radical (unpaired) electrons. The number of ether oxygens (including phenoxy) is 1. The smallest absolute Gasteiger partial charge is 0.237 e. The van der Waals surface area contributed by atoms with E-state index in [-0.39, 0.29) is 11.9 Å². The zero-order chi connectivity index (χ0) is 17.8. The fraction of sp³-hybridized carbons (Fsp3) is 0.318. The molecule has 0 saturated carbocycles. The second-order valence-electron chi connectivity index (χ2n) is 6.95. The van der Waals surface area contributed by atoms with Crippen molar-refractivity contribution in [2.75, 3.05) is 26.2 Å². The van der Waals surface area contributed by atoms with Gasteiger partial charge in [-0.3, -0.25) is 9.69 Å². The van der Waals surface area contributed by atoms with Gasteiger partial charge in [0, 0.05) is 25.2 Å². The summed E-state index contributed by atoms with van der Waals surface area (Å²) in [6.07, 6.45) is 3.92. The largest absolute Gasteiger partial charge is 0.489 e. The van der Waals surface area contributed by atoms with Crippen molar-refractivity contribution in [1.29, 1.82) is 0 Å². The summed E-state index contributed by atoms with van der Waals surface area (Å²) in [6.45, 7) is 3.01. The first-order valence-corrected chi connectivity index (χ1v) is 9.26. The molecule has 26 heavy (non-hydrogen) atoms. The van der Waals surface area contributed by atoms with E-state index in [0.29, 0.717) is 6.61 Å². The van der Waals surface area contributed by atoms with Crippen LogP contribution in [0.4, 0.5) is 0 Å².